The van der Waals surface area contributed by atoms with Crippen LogP contribution in [0.3, 0.4) is 0 Å². The Balaban J connectivity index is 3.33. The van der Waals surface area contributed by atoms with Crippen LogP contribution in [0, 0.1) is 0 Å². The number of carbonyl (C=O) groups is 2. The Morgan fingerprint density at radius 3 is 1.03 bits per heavy atom. The number of aliphatic hydroxyl groups is 2. The largest absolute Gasteiger partial charge is 0.466 e. The molecule has 0 aromatic carbocycles. The SMILES string of the molecule is CCCCCCCCCCCCCCCCCC(=O)OCCCCCCCCCCCCCC/C=C\CCCCCCCCCCCCCCC(=O)NC(CO)C(O)CCCCCCCCCCC. The first-order valence-corrected chi connectivity index (χ1v) is 31.4. The van der Waals surface area contributed by atoms with Crippen molar-refractivity contribution in [1.29, 1.82) is 0 Å². The average molecular weight is 975 g/mol. The van der Waals surface area contributed by atoms with E-state index in [0.29, 0.717) is 25.9 Å². The minimum absolute atomic E-state index is 0.0192. The highest BCUT2D eigenvalue weighted by Gasteiger charge is 2.20. The fourth-order valence-corrected chi connectivity index (χ4v) is 9.99. The molecule has 2 unspecified atom stereocenters. The Bertz CT molecular complexity index is 1030. The zero-order chi connectivity index (χ0) is 50.0. The van der Waals surface area contributed by atoms with E-state index in [9.17, 15) is 19.8 Å². The summed E-state index contributed by atoms with van der Waals surface area (Å²) in [7, 11) is 0. The van der Waals surface area contributed by atoms with Gasteiger partial charge in [0.2, 0.25) is 5.91 Å². The molecule has 0 fully saturated rings. The molecule has 0 aliphatic rings. The number of hydrogen-bond donors (Lipinski definition) is 3. The van der Waals surface area contributed by atoms with Crippen molar-refractivity contribution in [3.05, 3.63) is 12.2 Å². The third-order valence-electron chi connectivity index (χ3n) is 14.8. The normalized spacial score (nSPS) is 12.6. The Labute approximate surface area is 431 Å². The van der Waals surface area contributed by atoms with Gasteiger partial charge in [-0.2, -0.15) is 0 Å². The number of amides is 1. The standard InChI is InChI=1S/C63H123NO5/c1-3-5-7-9-11-13-14-15-30-34-37-41-45-49-53-57-63(68)69-58-54-50-46-42-38-35-32-29-27-25-23-21-19-17-16-18-20-22-24-26-28-31-33-36-40-44-48-52-56-62(67)64-60(59-65)61(66)55-51-47-43-39-12-10-8-6-4-2/h16-17,60-61,65-66H,3-15,18-59H2,1-2H3,(H,64,67)/b17-16-. The number of carbonyl (C=O) groups excluding carboxylic acids is 2. The molecule has 0 aromatic rings. The molecule has 0 saturated carbocycles. The minimum atomic E-state index is -0.661. The average Bonchev–Trinajstić information content (AvgIpc) is 3.35. The zero-order valence-electron chi connectivity index (χ0n) is 46.8. The van der Waals surface area contributed by atoms with Gasteiger partial charge in [-0.05, 0) is 51.4 Å². The van der Waals surface area contributed by atoms with Crippen LogP contribution >= 0.6 is 0 Å². The van der Waals surface area contributed by atoms with Crippen LogP contribution in [0.25, 0.3) is 0 Å². The first kappa shape index (κ1) is 67.6. The lowest BCUT2D eigenvalue weighted by Gasteiger charge is -2.22. The Morgan fingerprint density at radius 1 is 0.391 bits per heavy atom. The van der Waals surface area contributed by atoms with Gasteiger partial charge in [0, 0.05) is 12.8 Å². The van der Waals surface area contributed by atoms with E-state index in [0.717, 1.165) is 38.5 Å². The topological polar surface area (TPSA) is 95.9 Å². The molecule has 1 amide bonds. The van der Waals surface area contributed by atoms with Gasteiger partial charge in [0.05, 0.1) is 25.4 Å². The summed E-state index contributed by atoms with van der Waals surface area (Å²) < 4.78 is 5.49. The predicted octanol–water partition coefficient (Wildman–Crippen LogP) is 19.6. The lowest BCUT2D eigenvalue weighted by molar-refractivity contribution is -0.143. The van der Waals surface area contributed by atoms with Crippen LogP contribution in [0.2, 0.25) is 0 Å². The molecule has 6 heteroatoms. The highest BCUT2D eigenvalue weighted by Crippen LogP contribution is 2.18. The summed E-state index contributed by atoms with van der Waals surface area (Å²) in [4.78, 5) is 24.5. The molecule has 410 valence electrons. The number of aliphatic hydroxyl groups excluding tert-OH is 2. The van der Waals surface area contributed by atoms with E-state index in [1.165, 1.54) is 283 Å². The molecule has 69 heavy (non-hydrogen) atoms. The zero-order valence-corrected chi connectivity index (χ0v) is 46.8. The summed E-state index contributed by atoms with van der Waals surface area (Å²) in [5.41, 5.74) is 0. The summed E-state index contributed by atoms with van der Waals surface area (Å²) in [5, 5.41) is 23.1. The first-order valence-electron chi connectivity index (χ1n) is 31.4. The lowest BCUT2D eigenvalue weighted by Crippen LogP contribution is -2.45. The molecule has 0 aliphatic heterocycles. The van der Waals surface area contributed by atoms with E-state index in [1.807, 2.05) is 0 Å². The van der Waals surface area contributed by atoms with Gasteiger partial charge < -0.3 is 20.3 Å². The number of unbranched alkanes of at least 4 members (excludes halogenated alkanes) is 46. The fourth-order valence-electron chi connectivity index (χ4n) is 9.99. The second-order valence-electron chi connectivity index (χ2n) is 21.7. The molecule has 0 radical (unpaired) electrons. The van der Waals surface area contributed by atoms with E-state index in [4.69, 9.17) is 4.74 Å². The van der Waals surface area contributed by atoms with Gasteiger partial charge in [-0.25, -0.2) is 0 Å². The van der Waals surface area contributed by atoms with Crippen LogP contribution in [0.1, 0.15) is 354 Å². The number of esters is 1. The van der Waals surface area contributed by atoms with Crippen molar-refractivity contribution in [2.75, 3.05) is 13.2 Å². The van der Waals surface area contributed by atoms with Crippen LogP contribution < -0.4 is 5.32 Å². The maximum absolute atomic E-state index is 12.4. The van der Waals surface area contributed by atoms with Crippen molar-refractivity contribution in [3.63, 3.8) is 0 Å². The van der Waals surface area contributed by atoms with Gasteiger partial charge in [-0.3, -0.25) is 9.59 Å². The molecule has 0 aromatic heterocycles. The second-order valence-corrected chi connectivity index (χ2v) is 21.7. The van der Waals surface area contributed by atoms with Crippen molar-refractivity contribution in [3.8, 4) is 0 Å². The van der Waals surface area contributed by atoms with Gasteiger partial charge in [-0.1, -0.05) is 302 Å². The molecule has 3 N–H and O–H groups in total. The molecular formula is C63H123NO5. The van der Waals surface area contributed by atoms with E-state index in [-0.39, 0.29) is 18.5 Å². The quantitative estimate of drug-likeness (QED) is 0.0321. The number of allylic oxidation sites excluding steroid dienone is 2. The molecule has 6 nitrogen and oxygen atoms in total. The molecule has 2 atom stereocenters. The first-order chi connectivity index (χ1) is 34.0. The maximum Gasteiger partial charge on any atom is 0.305 e. The predicted molar refractivity (Wildman–Crippen MR) is 301 cm³/mol. The summed E-state index contributed by atoms with van der Waals surface area (Å²) in [6, 6.07) is -0.538. The highest BCUT2D eigenvalue weighted by atomic mass is 16.5. The third kappa shape index (κ3) is 55.8. The summed E-state index contributed by atoms with van der Waals surface area (Å²) >= 11 is 0. The Hall–Kier alpha value is -1.40. The van der Waals surface area contributed by atoms with E-state index < -0.39 is 12.1 Å². The van der Waals surface area contributed by atoms with Crippen molar-refractivity contribution >= 4 is 11.9 Å². The van der Waals surface area contributed by atoms with Crippen LogP contribution in [-0.4, -0.2) is 47.4 Å². The van der Waals surface area contributed by atoms with Crippen LogP contribution in [0.4, 0.5) is 0 Å². The number of ether oxygens (including phenoxy) is 1. The number of rotatable bonds is 59. The fraction of sp³-hybridized carbons (Fsp3) is 0.937. The third-order valence-corrected chi connectivity index (χ3v) is 14.8. The number of hydrogen-bond acceptors (Lipinski definition) is 5. The Kier molecular flexibility index (Phi) is 58.0. The van der Waals surface area contributed by atoms with Crippen molar-refractivity contribution in [2.45, 2.75) is 366 Å². The maximum atomic E-state index is 12.4. The van der Waals surface area contributed by atoms with E-state index >= 15 is 0 Å². The van der Waals surface area contributed by atoms with E-state index in [2.05, 4.69) is 31.3 Å². The molecular weight excluding hydrogens is 851 g/mol. The van der Waals surface area contributed by atoms with Crippen LogP contribution in [-0.2, 0) is 14.3 Å². The summed E-state index contributed by atoms with van der Waals surface area (Å²) in [6.07, 6.45) is 71.0. The van der Waals surface area contributed by atoms with Crippen molar-refractivity contribution < 1.29 is 24.5 Å². The van der Waals surface area contributed by atoms with Crippen LogP contribution in [0.5, 0.6) is 0 Å². The highest BCUT2D eigenvalue weighted by molar-refractivity contribution is 5.76. The minimum Gasteiger partial charge on any atom is -0.466 e. The monoisotopic (exact) mass is 974 g/mol. The van der Waals surface area contributed by atoms with Crippen molar-refractivity contribution in [1.82, 2.24) is 5.32 Å². The molecule has 0 bridgehead atoms. The summed E-state index contributed by atoms with van der Waals surface area (Å²) in [5.74, 6) is -0.0167. The van der Waals surface area contributed by atoms with Gasteiger partial charge >= 0.3 is 5.97 Å². The van der Waals surface area contributed by atoms with E-state index in [1.54, 1.807) is 0 Å². The second kappa shape index (κ2) is 59.2. The molecule has 0 heterocycles. The smallest absolute Gasteiger partial charge is 0.305 e. The lowest BCUT2D eigenvalue weighted by atomic mass is 10.0. The molecule has 0 saturated heterocycles. The molecule has 0 rings (SSSR count). The number of nitrogens with one attached hydrogen (secondary N) is 1. The molecule has 0 spiro atoms. The van der Waals surface area contributed by atoms with Gasteiger partial charge in [0.25, 0.3) is 0 Å². The van der Waals surface area contributed by atoms with Gasteiger partial charge in [0.1, 0.15) is 0 Å². The Morgan fingerprint density at radius 2 is 0.681 bits per heavy atom. The molecule has 0 aliphatic carbocycles. The van der Waals surface area contributed by atoms with Gasteiger partial charge in [0.15, 0.2) is 0 Å². The van der Waals surface area contributed by atoms with Crippen molar-refractivity contribution in [2.24, 2.45) is 0 Å². The van der Waals surface area contributed by atoms with Crippen LogP contribution in [0.15, 0.2) is 12.2 Å². The van der Waals surface area contributed by atoms with Gasteiger partial charge in [-0.15, -0.1) is 0 Å². The summed E-state index contributed by atoms with van der Waals surface area (Å²) in [6.45, 7) is 4.96.